The summed E-state index contributed by atoms with van der Waals surface area (Å²) in [5.41, 5.74) is 3.54. The topological polar surface area (TPSA) is 110 Å². The normalized spacial score (nSPS) is 14.8. The molecule has 3 aromatic carbocycles. The molecule has 0 radical (unpaired) electrons. The van der Waals surface area contributed by atoms with E-state index in [2.05, 4.69) is 15.2 Å². The maximum Gasteiger partial charge on any atom is 0.347 e. The Morgan fingerprint density at radius 1 is 0.944 bits per heavy atom. The Morgan fingerprint density at radius 2 is 1.67 bits per heavy atom. The summed E-state index contributed by atoms with van der Waals surface area (Å²) in [4.78, 5) is 54.0. The molecule has 0 aliphatic carbocycles. The van der Waals surface area contributed by atoms with Crippen molar-refractivity contribution < 1.29 is 18.8 Å². The number of ketones is 1. The lowest BCUT2D eigenvalue weighted by atomic mass is 10.0. The Kier molecular flexibility index (Phi) is 6.00. The summed E-state index contributed by atoms with van der Waals surface area (Å²) < 4.78 is 5.41. The highest BCUT2D eigenvalue weighted by molar-refractivity contribution is 6.32. The van der Waals surface area contributed by atoms with Gasteiger partial charge >= 0.3 is 5.63 Å². The van der Waals surface area contributed by atoms with Crippen molar-refractivity contribution in [2.24, 2.45) is 0 Å². The van der Waals surface area contributed by atoms with Crippen molar-refractivity contribution >= 4 is 40.3 Å². The number of imide groups is 1. The lowest BCUT2D eigenvalue weighted by Gasteiger charge is -2.20. The number of rotatable bonds is 5. The average molecular weight is 479 g/mol. The zero-order chi connectivity index (χ0) is 25.2. The molecular weight excluding hydrogens is 458 g/mol. The van der Waals surface area contributed by atoms with E-state index in [9.17, 15) is 19.2 Å². The van der Waals surface area contributed by atoms with E-state index >= 15 is 0 Å². The first-order valence-corrected chi connectivity index (χ1v) is 11.3. The van der Waals surface area contributed by atoms with Crippen LogP contribution in [0.3, 0.4) is 0 Å². The molecule has 0 atom stereocenters. The quantitative estimate of drug-likeness (QED) is 0.202. The summed E-state index contributed by atoms with van der Waals surface area (Å²) in [5.74, 6) is -1.45. The van der Waals surface area contributed by atoms with Crippen molar-refractivity contribution in [3.8, 4) is 11.5 Å². The highest BCUT2D eigenvalue weighted by Crippen LogP contribution is 2.22. The maximum atomic E-state index is 12.3. The SMILES string of the molecule is CN(Cc1ccc(-c2nc3ccccc3c(=O)o2)cc1)c1ccc(/C=C2\C(=O)CC(=O)NC2=O)cc1. The molecule has 0 spiro atoms. The third-order valence-electron chi connectivity index (χ3n) is 5.92. The van der Waals surface area contributed by atoms with Crippen LogP contribution in [-0.2, 0) is 20.9 Å². The first kappa shape index (κ1) is 22.9. The molecule has 1 N–H and O–H groups in total. The van der Waals surface area contributed by atoms with Crippen LogP contribution in [0.1, 0.15) is 17.5 Å². The van der Waals surface area contributed by atoms with Crippen LogP contribution in [0.2, 0.25) is 0 Å². The van der Waals surface area contributed by atoms with E-state index < -0.39 is 23.2 Å². The molecule has 8 nitrogen and oxygen atoms in total. The Morgan fingerprint density at radius 3 is 2.39 bits per heavy atom. The van der Waals surface area contributed by atoms with E-state index in [1.807, 2.05) is 61.6 Å². The second-order valence-electron chi connectivity index (χ2n) is 8.50. The molecule has 2 amide bonds. The monoisotopic (exact) mass is 479 g/mol. The van der Waals surface area contributed by atoms with Gasteiger partial charge in [0, 0.05) is 24.8 Å². The van der Waals surface area contributed by atoms with Crippen molar-refractivity contribution in [2.75, 3.05) is 11.9 Å². The minimum atomic E-state index is -0.668. The Hall–Kier alpha value is -4.85. The van der Waals surface area contributed by atoms with Gasteiger partial charge in [-0.05, 0) is 53.6 Å². The van der Waals surface area contributed by atoms with E-state index in [1.54, 1.807) is 18.2 Å². The van der Waals surface area contributed by atoms with Crippen molar-refractivity contribution in [2.45, 2.75) is 13.0 Å². The zero-order valence-corrected chi connectivity index (χ0v) is 19.4. The first-order valence-electron chi connectivity index (χ1n) is 11.3. The number of para-hydroxylation sites is 1. The smallest absolute Gasteiger partial charge is 0.347 e. The summed E-state index contributed by atoms with van der Waals surface area (Å²) in [5, 5.41) is 2.61. The van der Waals surface area contributed by atoms with Gasteiger partial charge in [-0.15, -0.1) is 0 Å². The minimum absolute atomic E-state index is 0.0208. The number of hydrogen-bond acceptors (Lipinski definition) is 7. The molecule has 36 heavy (non-hydrogen) atoms. The van der Waals surface area contributed by atoms with Gasteiger partial charge in [0.1, 0.15) is 0 Å². The second kappa shape index (κ2) is 9.42. The number of nitrogens with zero attached hydrogens (tertiary/aromatic N) is 2. The molecule has 1 fully saturated rings. The number of carbonyl (C=O) groups excluding carboxylic acids is 3. The number of nitrogens with one attached hydrogen (secondary N) is 1. The fourth-order valence-electron chi connectivity index (χ4n) is 4.00. The molecule has 178 valence electrons. The van der Waals surface area contributed by atoms with Crippen LogP contribution in [0, 0.1) is 0 Å². The van der Waals surface area contributed by atoms with E-state index in [-0.39, 0.29) is 17.9 Å². The predicted octanol–water partition coefficient (Wildman–Crippen LogP) is 3.49. The van der Waals surface area contributed by atoms with Crippen LogP contribution in [-0.4, -0.2) is 29.6 Å². The maximum absolute atomic E-state index is 12.3. The van der Waals surface area contributed by atoms with Gasteiger partial charge in [0.25, 0.3) is 5.91 Å². The van der Waals surface area contributed by atoms with Gasteiger partial charge in [-0.1, -0.05) is 36.4 Å². The Labute approximate surface area is 205 Å². The van der Waals surface area contributed by atoms with Crippen molar-refractivity contribution in [1.29, 1.82) is 0 Å². The van der Waals surface area contributed by atoms with Crippen LogP contribution >= 0.6 is 0 Å². The van der Waals surface area contributed by atoms with Crippen molar-refractivity contribution in [1.82, 2.24) is 10.3 Å². The Balaban J connectivity index is 1.28. The largest absolute Gasteiger partial charge is 0.403 e. The van der Waals surface area contributed by atoms with Crippen LogP contribution in [0.5, 0.6) is 0 Å². The summed E-state index contributed by atoms with van der Waals surface area (Å²) in [7, 11) is 1.95. The summed E-state index contributed by atoms with van der Waals surface area (Å²) in [6.07, 6.45) is 1.17. The third-order valence-corrected chi connectivity index (χ3v) is 5.92. The van der Waals surface area contributed by atoms with Gasteiger partial charge in [-0.2, -0.15) is 0 Å². The number of fused-ring (bicyclic) bond motifs is 1. The lowest BCUT2D eigenvalue weighted by molar-refractivity contribution is -0.134. The van der Waals surface area contributed by atoms with Gasteiger partial charge in [-0.25, -0.2) is 9.78 Å². The average Bonchev–Trinajstić information content (AvgIpc) is 2.87. The van der Waals surface area contributed by atoms with Gasteiger partial charge in [0.05, 0.1) is 22.9 Å². The standard InChI is InChI=1S/C28H21N3O5/c1-31(20-12-8-17(9-13-20)14-22-24(32)15-25(33)30-26(22)34)16-18-6-10-19(11-7-18)27-29-23-5-3-2-4-21(23)28(35)36-27/h2-14H,15-16H2,1H3,(H,30,33,34)/b22-14+. The van der Waals surface area contributed by atoms with Crippen LogP contribution in [0.15, 0.2) is 87.6 Å². The number of amides is 2. The van der Waals surface area contributed by atoms with Crippen LogP contribution in [0.4, 0.5) is 5.69 Å². The number of piperidine rings is 1. The van der Waals surface area contributed by atoms with Gasteiger partial charge < -0.3 is 9.32 Å². The molecule has 1 aromatic heterocycles. The number of anilines is 1. The Bertz CT molecular complexity index is 1560. The molecule has 0 unspecified atom stereocenters. The van der Waals surface area contributed by atoms with Gasteiger partial charge in [0.2, 0.25) is 11.8 Å². The molecule has 8 heteroatoms. The summed E-state index contributed by atoms with van der Waals surface area (Å²) >= 11 is 0. The number of hydrogen-bond donors (Lipinski definition) is 1. The molecule has 2 heterocycles. The molecule has 4 aromatic rings. The number of carbonyl (C=O) groups is 3. The zero-order valence-electron chi connectivity index (χ0n) is 19.4. The number of Topliss-reactive ketones (excluding diaryl/α,β-unsaturated/α-hetero) is 1. The molecular formula is C28H21N3O5. The second-order valence-corrected chi connectivity index (χ2v) is 8.50. The first-order chi connectivity index (χ1) is 17.4. The molecule has 1 aliphatic heterocycles. The molecule has 1 saturated heterocycles. The lowest BCUT2D eigenvalue weighted by Crippen LogP contribution is -2.40. The summed E-state index contributed by atoms with van der Waals surface area (Å²) in [6.45, 7) is 0.624. The molecule has 1 aliphatic rings. The minimum Gasteiger partial charge on any atom is -0.403 e. The van der Waals surface area contributed by atoms with Crippen LogP contribution in [0.25, 0.3) is 28.4 Å². The fourth-order valence-corrected chi connectivity index (χ4v) is 4.00. The highest BCUT2D eigenvalue weighted by atomic mass is 16.4. The molecule has 0 saturated carbocycles. The van der Waals surface area contributed by atoms with Crippen molar-refractivity contribution in [3.05, 3.63) is 99.9 Å². The number of aromatic nitrogens is 1. The third kappa shape index (κ3) is 4.69. The van der Waals surface area contributed by atoms with E-state index in [1.165, 1.54) is 6.08 Å². The van der Waals surface area contributed by atoms with Crippen LogP contribution < -0.4 is 15.8 Å². The van der Waals surface area contributed by atoms with Gasteiger partial charge in [-0.3, -0.25) is 19.7 Å². The fraction of sp³-hybridized carbons (Fsp3) is 0.107. The molecule has 0 bridgehead atoms. The summed E-state index contributed by atoms with van der Waals surface area (Å²) in [6, 6.07) is 22.1. The van der Waals surface area contributed by atoms with E-state index in [0.29, 0.717) is 28.6 Å². The van der Waals surface area contributed by atoms with Crippen molar-refractivity contribution in [3.63, 3.8) is 0 Å². The highest BCUT2D eigenvalue weighted by Gasteiger charge is 2.28. The van der Waals surface area contributed by atoms with E-state index in [0.717, 1.165) is 11.3 Å². The van der Waals surface area contributed by atoms with E-state index in [4.69, 9.17) is 4.42 Å². The molecule has 5 rings (SSSR count). The van der Waals surface area contributed by atoms with Gasteiger partial charge in [0.15, 0.2) is 5.78 Å². The number of benzene rings is 3. The predicted molar refractivity (Wildman–Crippen MR) is 135 cm³/mol.